The lowest BCUT2D eigenvalue weighted by Gasteiger charge is -2.05. The van der Waals surface area contributed by atoms with Gasteiger partial charge in [0.1, 0.15) is 0 Å². The summed E-state index contributed by atoms with van der Waals surface area (Å²) in [7, 11) is 3.05. The van der Waals surface area contributed by atoms with Crippen LogP contribution >= 0.6 is 21.6 Å². The molecule has 0 atom stereocenters. The SMILES string of the molecule is Cc1ccccc1-n1cc(C(=O)NCCSSCCC(=O)O)cn1.O=C(O)C(F)(F)F. The molecule has 1 aromatic heterocycles. The minimum Gasteiger partial charge on any atom is -0.481 e. The zero-order valence-electron chi connectivity index (χ0n) is 16.3. The van der Waals surface area contributed by atoms with Gasteiger partial charge >= 0.3 is 18.1 Å². The number of aromatic nitrogens is 2. The molecule has 3 N–H and O–H groups in total. The molecule has 13 heteroatoms. The average molecular weight is 480 g/mol. The van der Waals surface area contributed by atoms with Gasteiger partial charge in [0.25, 0.3) is 5.91 Å². The van der Waals surface area contributed by atoms with E-state index in [1.165, 1.54) is 10.8 Å². The Balaban J connectivity index is 0.000000592. The maximum absolute atomic E-state index is 12.1. The van der Waals surface area contributed by atoms with E-state index in [2.05, 4.69) is 10.4 Å². The van der Waals surface area contributed by atoms with Crippen LogP contribution in [0.15, 0.2) is 36.7 Å². The molecule has 31 heavy (non-hydrogen) atoms. The number of aryl methyl sites for hydroxylation is 1. The maximum atomic E-state index is 12.1. The van der Waals surface area contributed by atoms with Crippen LogP contribution in [0.3, 0.4) is 0 Å². The predicted octanol–water partition coefficient (Wildman–Crippen LogP) is 3.40. The van der Waals surface area contributed by atoms with E-state index >= 15 is 0 Å². The summed E-state index contributed by atoms with van der Waals surface area (Å²) >= 11 is 0. The van der Waals surface area contributed by atoms with Gasteiger partial charge in [-0.15, -0.1) is 0 Å². The minimum absolute atomic E-state index is 0.155. The van der Waals surface area contributed by atoms with Gasteiger partial charge in [0, 0.05) is 24.2 Å². The van der Waals surface area contributed by atoms with Crippen molar-refractivity contribution in [2.24, 2.45) is 0 Å². The number of amides is 1. The number of carbonyl (C=O) groups excluding carboxylic acids is 1. The van der Waals surface area contributed by atoms with Gasteiger partial charge in [-0.2, -0.15) is 18.3 Å². The summed E-state index contributed by atoms with van der Waals surface area (Å²) in [5, 5.41) is 22.7. The van der Waals surface area contributed by atoms with Crippen LogP contribution in [0.4, 0.5) is 13.2 Å². The quantitative estimate of drug-likeness (QED) is 0.370. The number of benzene rings is 1. The van der Waals surface area contributed by atoms with Crippen molar-refractivity contribution in [2.45, 2.75) is 19.5 Å². The Bertz CT molecular complexity index is 890. The number of hydrogen-bond acceptors (Lipinski definition) is 6. The highest BCUT2D eigenvalue weighted by Crippen LogP contribution is 2.21. The summed E-state index contributed by atoms with van der Waals surface area (Å²) in [6.07, 6.45) is -1.66. The normalized spacial score (nSPS) is 10.7. The first-order valence-corrected chi connectivity index (χ1v) is 11.2. The molecule has 0 saturated carbocycles. The van der Waals surface area contributed by atoms with Crippen LogP contribution in [-0.2, 0) is 9.59 Å². The molecule has 2 aromatic rings. The zero-order valence-corrected chi connectivity index (χ0v) is 17.9. The van der Waals surface area contributed by atoms with E-state index in [1.54, 1.807) is 27.9 Å². The van der Waals surface area contributed by atoms with Crippen molar-refractivity contribution >= 4 is 39.4 Å². The highest BCUT2D eigenvalue weighted by molar-refractivity contribution is 8.76. The fraction of sp³-hybridized carbons (Fsp3) is 0.333. The molecule has 0 unspecified atom stereocenters. The lowest BCUT2D eigenvalue weighted by molar-refractivity contribution is -0.192. The van der Waals surface area contributed by atoms with Crippen LogP contribution in [0.2, 0.25) is 0 Å². The van der Waals surface area contributed by atoms with Crippen LogP contribution < -0.4 is 5.32 Å². The summed E-state index contributed by atoms with van der Waals surface area (Å²) in [6, 6.07) is 7.84. The van der Waals surface area contributed by atoms with Crippen molar-refractivity contribution in [2.75, 3.05) is 18.1 Å². The molecular formula is C18H20F3N3O5S2. The number of carboxylic acids is 2. The third kappa shape index (κ3) is 10.3. The number of halogens is 3. The zero-order chi connectivity index (χ0) is 23.4. The van der Waals surface area contributed by atoms with Gasteiger partial charge in [-0.05, 0) is 18.6 Å². The highest BCUT2D eigenvalue weighted by atomic mass is 33.1. The number of nitrogens with zero attached hydrogens (tertiary/aromatic N) is 2. The third-order valence-corrected chi connectivity index (χ3v) is 5.81. The summed E-state index contributed by atoms with van der Waals surface area (Å²) in [5.74, 6) is -2.42. The topological polar surface area (TPSA) is 122 Å². The Labute approximate surface area is 183 Å². The van der Waals surface area contributed by atoms with Gasteiger partial charge in [-0.1, -0.05) is 39.8 Å². The molecule has 0 radical (unpaired) electrons. The van der Waals surface area contributed by atoms with Gasteiger partial charge in [0.15, 0.2) is 0 Å². The van der Waals surface area contributed by atoms with Crippen molar-refractivity contribution in [1.82, 2.24) is 15.1 Å². The second-order valence-corrected chi connectivity index (χ2v) is 8.51. The summed E-state index contributed by atoms with van der Waals surface area (Å²) in [5.41, 5.74) is 2.55. The standard InChI is InChI=1S/C16H19N3O3S2.C2HF3O2/c1-12-4-2-3-5-14(12)19-11-13(10-18-19)16(22)17-7-9-24-23-8-6-15(20)21;3-2(4,5)1(6)7/h2-5,10-11H,6-9H2,1H3,(H,17,22)(H,20,21);(H,6,7). The number of carboxylic acid groups (broad SMARTS) is 2. The number of nitrogens with one attached hydrogen (secondary N) is 1. The molecule has 1 aromatic carbocycles. The van der Waals surface area contributed by atoms with Crippen LogP contribution in [0, 0.1) is 6.92 Å². The molecule has 0 spiro atoms. The fourth-order valence-electron chi connectivity index (χ4n) is 1.95. The van der Waals surface area contributed by atoms with Crippen molar-refractivity contribution in [3.63, 3.8) is 0 Å². The highest BCUT2D eigenvalue weighted by Gasteiger charge is 2.38. The number of hydrogen-bond donors (Lipinski definition) is 3. The van der Waals surface area contributed by atoms with Crippen molar-refractivity contribution in [3.05, 3.63) is 47.8 Å². The molecule has 170 valence electrons. The van der Waals surface area contributed by atoms with Gasteiger partial charge in [-0.25, -0.2) is 9.48 Å². The first-order chi connectivity index (χ1) is 14.5. The number of alkyl halides is 3. The molecule has 1 heterocycles. The number of carbonyl (C=O) groups is 3. The van der Waals surface area contributed by atoms with Gasteiger partial charge < -0.3 is 15.5 Å². The largest absolute Gasteiger partial charge is 0.490 e. The molecule has 2 rings (SSSR count). The van der Waals surface area contributed by atoms with E-state index in [4.69, 9.17) is 15.0 Å². The monoisotopic (exact) mass is 479 g/mol. The third-order valence-electron chi connectivity index (χ3n) is 3.40. The Hall–Kier alpha value is -2.67. The van der Waals surface area contributed by atoms with E-state index in [0.717, 1.165) is 17.0 Å². The lowest BCUT2D eigenvalue weighted by Crippen LogP contribution is -2.25. The van der Waals surface area contributed by atoms with Crippen molar-refractivity contribution in [3.8, 4) is 5.69 Å². The smallest absolute Gasteiger partial charge is 0.481 e. The second kappa shape index (κ2) is 12.9. The van der Waals surface area contributed by atoms with Crippen molar-refractivity contribution in [1.29, 1.82) is 0 Å². The van der Waals surface area contributed by atoms with Crippen molar-refractivity contribution < 1.29 is 37.8 Å². The van der Waals surface area contributed by atoms with E-state index in [-0.39, 0.29) is 12.3 Å². The van der Waals surface area contributed by atoms with E-state index < -0.39 is 18.1 Å². The maximum Gasteiger partial charge on any atom is 0.490 e. The summed E-state index contributed by atoms with van der Waals surface area (Å²) < 4.78 is 33.4. The fourth-order valence-corrected chi connectivity index (χ4v) is 3.83. The summed E-state index contributed by atoms with van der Waals surface area (Å²) in [4.78, 5) is 31.4. The first kappa shape index (κ1) is 26.4. The molecule has 8 nitrogen and oxygen atoms in total. The van der Waals surface area contributed by atoms with Crippen LogP contribution in [0.5, 0.6) is 0 Å². The van der Waals surface area contributed by atoms with Crippen LogP contribution in [-0.4, -0.2) is 62.1 Å². The van der Waals surface area contributed by atoms with Crippen LogP contribution in [0.25, 0.3) is 5.69 Å². The number of para-hydroxylation sites is 1. The minimum atomic E-state index is -5.08. The first-order valence-electron chi connectivity index (χ1n) is 8.67. The molecule has 0 bridgehead atoms. The van der Waals surface area contributed by atoms with Gasteiger partial charge in [0.05, 0.1) is 23.9 Å². The number of aliphatic carboxylic acids is 2. The Morgan fingerprint density at radius 3 is 2.32 bits per heavy atom. The molecule has 0 aliphatic carbocycles. The second-order valence-electron chi connectivity index (χ2n) is 5.81. The molecule has 0 saturated heterocycles. The number of rotatable bonds is 9. The molecule has 1 amide bonds. The van der Waals surface area contributed by atoms with E-state index in [0.29, 0.717) is 17.9 Å². The molecule has 0 aliphatic rings. The predicted molar refractivity (Wildman–Crippen MR) is 111 cm³/mol. The molecule has 0 fully saturated rings. The summed E-state index contributed by atoms with van der Waals surface area (Å²) in [6.45, 7) is 2.52. The van der Waals surface area contributed by atoms with Gasteiger partial charge in [0.2, 0.25) is 0 Å². The Morgan fingerprint density at radius 1 is 1.13 bits per heavy atom. The van der Waals surface area contributed by atoms with E-state index in [9.17, 15) is 22.8 Å². The van der Waals surface area contributed by atoms with E-state index in [1.807, 2.05) is 31.2 Å². The Morgan fingerprint density at radius 2 is 1.74 bits per heavy atom. The molecular weight excluding hydrogens is 459 g/mol. The van der Waals surface area contributed by atoms with Gasteiger partial charge in [-0.3, -0.25) is 9.59 Å². The average Bonchev–Trinajstić information content (AvgIpc) is 3.17. The lowest BCUT2D eigenvalue weighted by atomic mass is 10.2. The van der Waals surface area contributed by atoms with Crippen LogP contribution in [0.1, 0.15) is 22.3 Å². The Kier molecular flexibility index (Phi) is 11.0. The molecule has 0 aliphatic heterocycles.